The second-order valence-electron chi connectivity index (χ2n) is 5.77. The first-order valence-electron chi connectivity index (χ1n) is 7.81. The Morgan fingerprint density at radius 3 is 2.18 bits per heavy atom. The molecule has 0 spiro atoms. The van der Waals surface area contributed by atoms with Gasteiger partial charge in [-0.1, -0.05) is 54.6 Å². The van der Waals surface area contributed by atoms with Gasteiger partial charge >= 0.3 is 0 Å². The zero-order chi connectivity index (χ0) is 14.8. The molecule has 1 atom stereocenters. The normalized spacial score (nSPS) is 16.3. The van der Waals surface area contributed by atoms with Crippen LogP contribution in [0.15, 0.2) is 78.9 Å². The number of hydrogen-bond donors (Lipinski definition) is 0. The van der Waals surface area contributed by atoms with Crippen molar-refractivity contribution >= 4 is 0 Å². The third kappa shape index (κ3) is 2.50. The standard InChI is InChI=1S/C21H18O/c1-2-7-18(8-3-1)22-19-13-10-17(11-14-19)21-15-12-16-6-4-5-9-20(16)21/h1-11,13-14,21H,12,15H2. The molecule has 1 nitrogen and oxygen atoms in total. The van der Waals surface area contributed by atoms with Crippen LogP contribution >= 0.6 is 0 Å². The van der Waals surface area contributed by atoms with Crippen molar-refractivity contribution in [1.82, 2.24) is 0 Å². The lowest BCUT2D eigenvalue weighted by atomic mass is 9.93. The van der Waals surface area contributed by atoms with E-state index in [9.17, 15) is 0 Å². The Morgan fingerprint density at radius 1 is 0.682 bits per heavy atom. The first kappa shape index (κ1) is 13.1. The van der Waals surface area contributed by atoms with E-state index in [1.165, 1.54) is 29.5 Å². The number of para-hydroxylation sites is 1. The molecule has 1 aliphatic carbocycles. The van der Waals surface area contributed by atoms with Gasteiger partial charge in [-0.15, -0.1) is 0 Å². The Morgan fingerprint density at radius 2 is 1.36 bits per heavy atom. The Balaban J connectivity index is 1.56. The Kier molecular flexibility index (Phi) is 3.40. The molecule has 0 bridgehead atoms. The van der Waals surface area contributed by atoms with E-state index in [1.54, 1.807) is 0 Å². The van der Waals surface area contributed by atoms with E-state index in [-0.39, 0.29) is 0 Å². The molecule has 0 N–H and O–H groups in total. The monoisotopic (exact) mass is 286 g/mol. The molecule has 0 heterocycles. The lowest BCUT2D eigenvalue weighted by Gasteiger charge is -2.13. The van der Waals surface area contributed by atoms with E-state index in [0.29, 0.717) is 5.92 Å². The van der Waals surface area contributed by atoms with E-state index in [0.717, 1.165) is 11.5 Å². The van der Waals surface area contributed by atoms with Crippen LogP contribution < -0.4 is 4.74 Å². The third-order valence-electron chi connectivity index (χ3n) is 4.39. The highest BCUT2D eigenvalue weighted by molar-refractivity contribution is 5.43. The van der Waals surface area contributed by atoms with Gasteiger partial charge in [0.2, 0.25) is 0 Å². The summed E-state index contributed by atoms with van der Waals surface area (Å²) >= 11 is 0. The number of aryl methyl sites for hydroxylation is 1. The SMILES string of the molecule is c1ccc(Oc2ccc(C3CCc4ccccc43)cc2)cc1. The van der Waals surface area contributed by atoms with Gasteiger partial charge in [0.1, 0.15) is 11.5 Å². The third-order valence-corrected chi connectivity index (χ3v) is 4.39. The molecule has 4 rings (SSSR count). The van der Waals surface area contributed by atoms with Gasteiger partial charge in [-0.3, -0.25) is 0 Å². The maximum absolute atomic E-state index is 5.87. The lowest BCUT2D eigenvalue weighted by Crippen LogP contribution is -1.96. The molecule has 1 heteroatoms. The van der Waals surface area contributed by atoms with Gasteiger partial charge in [0.25, 0.3) is 0 Å². The van der Waals surface area contributed by atoms with Gasteiger partial charge in [-0.05, 0) is 53.8 Å². The zero-order valence-electron chi connectivity index (χ0n) is 12.4. The van der Waals surface area contributed by atoms with Crippen LogP contribution in [0.1, 0.15) is 29.0 Å². The topological polar surface area (TPSA) is 9.23 Å². The summed E-state index contributed by atoms with van der Waals surface area (Å²) in [5, 5.41) is 0. The van der Waals surface area contributed by atoms with E-state index < -0.39 is 0 Å². The van der Waals surface area contributed by atoms with Crippen LogP contribution in [0.3, 0.4) is 0 Å². The second-order valence-corrected chi connectivity index (χ2v) is 5.77. The van der Waals surface area contributed by atoms with Crippen molar-refractivity contribution in [2.45, 2.75) is 18.8 Å². The fourth-order valence-corrected chi connectivity index (χ4v) is 3.30. The highest BCUT2D eigenvalue weighted by atomic mass is 16.5. The molecule has 22 heavy (non-hydrogen) atoms. The first-order valence-corrected chi connectivity index (χ1v) is 7.81. The number of rotatable bonds is 3. The van der Waals surface area contributed by atoms with Gasteiger partial charge < -0.3 is 4.74 Å². The minimum atomic E-state index is 0.530. The van der Waals surface area contributed by atoms with E-state index >= 15 is 0 Å². The fourth-order valence-electron chi connectivity index (χ4n) is 3.30. The minimum absolute atomic E-state index is 0.530. The maximum Gasteiger partial charge on any atom is 0.127 e. The summed E-state index contributed by atoms with van der Waals surface area (Å²) < 4.78 is 5.87. The predicted octanol–water partition coefficient (Wildman–Crippen LogP) is 5.56. The zero-order valence-corrected chi connectivity index (χ0v) is 12.4. The first-order chi connectivity index (χ1) is 10.9. The largest absolute Gasteiger partial charge is 0.457 e. The van der Waals surface area contributed by atoms with Crippen molar-refractivity contribution in [2.75, 3.05) is 0 Å². The summed E-state index contributed by atoms with van der Waals surface area (Å²) in [5.74, 6) is 2.30. The molecule has 0 fully saturated rings. The highest BCUT2D eigenvalue weighted by Gasteiger charge is 2.23. The molecule has 108 valence electrons. The lowest BCUT2D eigenvalue weighted by molar-refractivity contribution is 0.482. The molecular weight excluding hydrogens is 268 g/mol. The van der Waals surface area contributed by atoms with Crippen molar-refractivity contribution in [3.8, 4) is 11.5 Å². The molecule has 0 saturated heterocycles. The average molecular weight is 286 g/mol. The van der Waals surface area contributed by atoms with Gasteiger partial charge in [-0.25, -0.2) is 0 Å². The highest BCUT2D eigenvalue weighted by Crippen LogP contribution is 2.38. The van der Waals surface area contributed by atoms with Gasteiger partial charge in [0.05, 0.1) is 0 Å². The number of ether oxygens (including phenoxy) is 1. The van der Waals surface area contributed by atoms with Crippen LogP contribution in [0, 0.1) is 0 Å². The maximum atomic E-state index is 5.87. The summed E-state index contributed by atoms with van der Waals surface area (Å²) in [6, 6.07) is 27.3. The van der Waals surface area contributed by atoms with Crippen LogP contribution in [0.2, 0.25) is 0 Å². The Bertz CT molecular complexity index is 759. The van der Waals surface area contributed by atoms with Gasteiger partial charge in [-0.2, -0.15) is 0 Å². The Labute approximate surface area is 131 Å². The molecule has 0 radical (unpaired) electrons. The van der Waals surface area contributed by atoms with Gasteiger partial charge in [0, 0.05) is 5.92 Å². The van der Waals surface area contributed by atoms with Crippen molar-refractivity contribution in [2.24, 2.45) is 0 Å². The van der Waals surface area contributed by atoms with Crippen LogP contribution in [-0.4, -0.2) is 0 Å². The van der Waals surface area contributed by atoms with E-state index in [2.05, 4.69) is 48.5 Å². The molecule has 1 aliphatic rings. The molecule has 0 saturated carbocycles. The van der Waals surface area contributed by atoms with Gasteiger partial charge in [0.15, 0.2) is 0 Å². The van der Waals surface area contributed by atoms with E-state index in [1.807, 2.05) is 30.3 Å². The van der Waals surface area contributed by atoms with E-state index in [4.69, 9.17) is 4.74 Å². The molecule has 3 aromatic rings. The predicted molar refractivity (Wildman–Crippen MR) is 89.6 cm³/mol. The van der Waals surface area contributed by atoms with Crippen molar-refractivity contribution in [3.05, 3.63) is 95.6 Å². The smallest absolute Gasteiger partial charge is 0.127 e. The number of hydrogen-bond acceptors (Lipinski definition) is 1. The molecular formula is C21H18O. The van der Waals surface area contributed by atoms with Crippen molar-refractivity contribution in [1.29, 1.82) is 0 Å². The molecule has 0 aromatic heterocycles. The van der Waals surface area contributed by atoms with Crippen LogP contribution in [0.5, 0.6) is 11.5 Å². The summed E-state index contributed by atoms with van der Waals surface area (Å²) in [6.07, 6.45) is 2.39. The van der Waals surface area contributed by atoms with Crippen LogP contribution in [0.25, 0.3) is 0 Å². The quantitative estimate of drug-likeness (QED) is 0.612. The summed E-state index contributed by atoms with van der Waals surface area (Å²) in [5.41, 5.74) is 4.36. The number of benzene rings is 3. The van der Waals surface area contributed by atoms with Crippen LogP contribution in [-0.2, 0) is 6.42 Å². The molecule has 3 aromatic carbocycles. The minimum Gasteiger partial charge on any atom is -0.457 e. The number of fused-ring (bicyclic) bond motifs is 1. The summed E-state index contributed by atoms with van der Waals surface area (Å²) in [6.45, 7) is 0. The average Bonchev–Trinajstić information content (AvgIpc) is 3.01. The second kappa shape index (κ2) is 5.69. The Hall–Kier alpha value is -2.54. The molecule has 1 unspecified atom stereocenters. The van der Waals surface area contributed by atoms with Crippen molar-refractivity contribution < 1.29 is 4.74 Å². The molecule has 0 aliphatic heterocycles. The fraction of sp³-hybridized carbons (Fsp3) is 0.143. The molecule has 0 amide bonds. The van der Waals surface area contributed by atoms with Crippen molar-refractivity contribution in [3.63, 3.8) is 0 Å². The summed E-state index contributed by atoms with van der Waals surface area (Å²) in [7, 11) is 0. The van der Waals surface area contributed by atoms with Crippen LogP contribution in [0.4, 0.5) is 0 Å². The summed E-state index contributed by atoms with van der Waals surface area (Å²) in [4.78, 5) is 0.